The summed E-state index contributed by atoms with van der Waals surface area (Å²) in [6.45, 7) is 4.85. The molecular weight excluding hydrogens is 270 g/mol. The van der Waals surface area contributed by atoms with E-state index in [1.807, 2.05) is 0 Å². The van der Waals surface area contributed by atoms with Gasteiger partial charge in [0.2, 0.25) is 0 Å². The maximum Gasteiger partial charge on any atom is 0.0897 e. The van der Waals surface area contributed by atoms with E-state index in [-0.39, 0.29) is 0 Å². The third-order valence-electron chi connectivity index (χ3n) is 4.67. The molecule has 1 saturated carbocycles. The average Bonchev–Trinajstić information content (AvgIpc) is 2.46. The van der Waals surface area contributed by atoms with E-state index in [9.17, 15) is 10.2 Å². The number of hydrogen-bond donors (Lipinski definition) is 3. The zero-order chi connectivity index (χ0) is 15.1. The molecule has 3 atom stereocenters. The first-order valence-electron chi connectivity index (χ1n) is 8.38. The molecule has 0 spiro atoms. The van der Waals surface area contributed by atoms with E-state index in [1.54, 1.807) is 0 Å². The summed E-state index contributed by atoms with van der Waals surface area (Å²) in [6.07, 6.45) is 5.87. The van der Waals surface area contributed by atoms with Crippen molar-refractivity contribution < 1.29 is 19.7 Å². The Labute approximate surface area is 128 Å². The molecule has 21 heavy (non-hydrogen) atoms. The maximum atomic E-state index is 10.3. The van der Waals surface area contributed by atoms with E-state index in [0.29, 0.717) is 51.9 Å². The number of rotatable bonds is 7. The Bertz CT molecular complexity index is 294. The zero-order valence-electron chi connectivity index (χ0n) is 13.2. The molecule has 2 aliphatic rings. The predicted octanol–water partition coefficient (Wildman–Crippen LogP) is 1.07. The van der Waals surface area contributed by atoms with Crippen LogP contribution in [0.4, 0.5) is 0 Å². The van der Waals surface area contributed by atoms with Gasteiger partial charge in [-0.15, -0.1) is 0 Å². The van der Waals surface area contributed by atoms with Gasteiger partial charge in [-0.1, -0.05) is 19.8 Å². The van der Waals surface area contributed by atoms with Crippen molar-refractivity contribution in [1.82, 2.24) is 5.32 Å². The quantitative estimate of drug-likeness (QED) is 0.656. The molecule has 1 saturated heterocycles. The van der Waals surface area contributed by atoms with Crippen LogP contribution in [0.25, 0.3) is 0 Å². The lowest BCUT2D eigenvalue weighted by Gasteiger charge is -2.32. The van der Waals surface area contributed by atoms with E-state index in [4.69, 9.17) is 9.47 Å². The normalized spacial score (nSPS) is 31.0. The van der Waals surface area contributed by atoms with Gasteiger partial charge < -0.3 is 25.0 Å². The van der Waals surface area contributed by atoms with Crippen molar-refractivity contribution >= 4 is 0 Å². The molecule has 1 heterocycles. The van der Waals surface area contributed by atoms with E-state index in [1.165, 1.54) is 12.8 Å². The topological polar surface area (TPSA) is 71.0 Å². The summed E-state index contributed by atoms with van der Waals surface area (Å²) in [4.78, 5) is 0. The second kappa shape index (κ2) is 8.44. The lowest BCUT2D eigenvalue weighted by molar-refractivity contribution is -0.0649. The lowest BCUT2D eigenvalue weighted by atomic mass is 9.89. The summed E-state index contributed by atoms with van der Waals surface area (Å²) in [5.41, 5.74) is -0.683. The number of aliphatic hydroxyl groups excluding tert-OH is 1. The SMILES string of the molecule is CC1CCCC(OCC(O)CNCC2(O)CCOCC2)C1. The summed E-state index contributed by atoms with van der Waals surface area (Å²) in [5, 5.41) is 23.4. The molecule has 124 valence electrons. The minimum atomic E-state index is -0.683. The van der Waals surface area contributed by atoms with Crippen LogP contribution < -0.4 is 5.32 Å². The number of aliphatic hydroxyl groups is 2. The third kappa shape index (κ3) is 6.20. The molecule has 5 heteroatoms. The first-order chi connectivity index (χ1) is 10.1. The fourth-order valence-electron chi connectivity index (χ4n) is 3.24. The Morgan fingerprint density at radius 3 is 2.81 bits per heavy atom. The van der Waals surface area contributed by atoms with Gasteiger partial charge in [-0.25, -0.2) is 0 Å². The summed E-state index contributed by atoms with van der Waals surface area (Å²) < 4.78 is 11.1. The monoisotopic (exact) mass is 301 g/mol. The molecular formula is C16H31NO4. The standard InChI is InChI=1S/C16H31NO4/c1-13-3-2-4-15(9-13)21-11-14(18)10-17-12-16(19)5-7-20-8-6-16/h13-15,17-19H,2-12H2,1H3. The Balaban J connectivity index is 1.55. The van der Waals surface area contributed by atoms with Crippen molar-refractivity contribution in [2.45, 2.75) is 63.3 Å². The second-order valence-electron chi connectivity index (χ2n) is 6.85. The smallest absolute Gasteiger partial charge is 0.0897 e. The summed E-state index contributed by atoms with van der Waals surface area (Å²) in [7, 11) is 0. The van der Waals surface area contributed by atoms with Crippen LogP contribution in [-0.4, -0.2) is 60.9 Å². The molecule has 0 amide bonds. The number of ether oxygens (including phenoxy) is 2. The highest BCUT2D eigenvalue weighted by Gasteiger charge is 2.29. The highest BCUT2D eigenvalue weighted by Crippen LogP contribution is 2.25. The van der Waals surface area contributed by atoms with Crippen molar-refractivity contribution in [3.8, 4) is 0 Å². The first kappa shape index (κ1) is 17.2. The van der Waals surface area contributed by atoms with E-state index in [0.717, 1.165) is 18.8 Å². The molecule has 0 aromatic rings. The Morgan fingerprint density at radius 1 is 1.33 bits per heavy atom. The molecule has 5 nitrogen and oxygen atoms in total. The van der Waals surface area contributed by atoms with Crippen LogP contribution in [0, 0.1) is 5.92 Å². The maximum absolute atomic E-state index is 10.3. The molecule has 1 aliphatic heterocycles. The van der Waals surface area contributed by atoms with Crippen LogP contribution in [0.3, 0.4) is 0 Å². The molecule has 0 bridgehead atoms. The van der Waals surface area contributed by atoms with Crippen LogP contribution in [0.2, 0.25) is 0 Å². The highest BCUT2D eigenvalue weighted by molar-refractivity contribution is 4.83. The van der Waals surface area contributed by atoms with E-state index in [2.05, 4.69) is 12.2 Å². The molecule has 3 unspecified atom stereocenters. The first-order valence-corrected chi connectivity index (χ1v) is 8.38. The Kier molecular flexibility index (Phi) is 6.89. The molecule has 3 N–H and O–H groups in total. The van der Waals surface area contributed by atoms with Gasteiger partial charge in [0, 0.05) is 39.1 Å². The Hall–Kier alpha value is -0.200. The fourth-order valence-corrected chi connectivity index (χ4v) is 3.24. The van der Waals surface area contributed by atoms with Crippen LogP contribution in [-0.2, 0) is 9.47 Å². The van der Waals surface area contributed by atoms with Crippen molar-refractivity contribution in [1.29, 1.82) is 0 Å². The van der Waals surface area contributed by atoms with Crippen molar-refractivity contribution in [2.75, 3.05) is 32.9 Å². The van der Waals surface area contributed by atoms with Gasteiger partial charge in [0.05, 0.1) is 24.4 Å². The van der Waals surface area contributed by atoms with Crippen LogP contribution in [0.15, 0.2) is 0 Å². The van der Waals surface area contributed by atoms with Crippen molar-refractivity contribution in [2.24, 2.45) is 5.92 Å². The fraction of sp³-hybridized carbons (Fsp3) is 1.00. The van der Waals surface area contributed by atoms with Crippen LogP contribution in [0.5, 0.6) is 0 Å². The van der Waals surface area contributed by atoms with Gasteiger partial charge in [0.15, 0.2) is 0 Å². The molecule has 2 rings (SSSR count). The molecule has 0 radical (unpaired) electrons. The summed E-state index contributed by atoms with van der Waals surface area (Å²) in [5.74, 6) is 0.738. The van der Waals surface area contributed by atoms with Gasteiger partial charge in [-0.3, -0.25) is 0 Å². The summed E-state index contributed by atoms with van der Waals surface area (Å²) in [6, 6.07) is 0. The molecule has 2 fully saturated rings. The van der Waals surface area contributed by atoms with Gasteiger partial charge in [0.1, 0.15) is 0 Å². The van der Waals surface area contributed by atoms with Gasteiger partial charge >= 0.3 is 0 Å². The molecule has 0 aromatic carbocycles. The number of hydrogen-bond acceptors (Lipinski definition) is 5. The molecule has 1 aliphatic carbocycles. The van der Waals surface area contributed by atoms with E-state index >= 15 is 0 Å². The lowest BCUT2D eigenvalue weighted by Crippen LogP contribution is -2.47. The number of nitrogens with one attached hydrogen (secondary N) is 1. The predicted molar refractivity (Wildman–Crippen MR) is 81.3 cm³/mol. The average molecular weight is 301 g/mol. The summed E-state index contributed by atoms with van der Waals surface area (Å²) >= 11 is 0. The van der Waals surface area contributed by atoms with Crippen LogP contribution in [0.1, 0.15) is 45.4 Å². The Morgan fingerprint density at radius 2 is 2.10 bits per heavy atom. The van der Waals surface area contributed by atoms with Gasteiger partial charge in [-0.2, -0.15) is 0 Å². The zero-order valence-corrected chi connectivity index (χ0v) is 13.2. The van der Waals surface area contributed by atoms with Crippen LogP contribution >= 0.6 is 0 Å². The third-order valence-corrected chi connectivity index (χ3v) is 4.67. The van der Waals surface area contributed by atoms with Crippen molar-refractivity contribution in [3.05, 3.63) is 0 Å². The van der Waals surface area contributed by atoms with Gasteiger partial charge in [-0.05, 0) is 18.8 Å². The van der Waals surface area contributed by atoms with Gasteiger partial charge in [0.25, 0.3) is 0 Å². The second-order valence-corrected chi connectivity index (χ2v) is 6.85. The highest BCUT2D eigenvalue weighted by atomic mass is 16.5. The largest absolute Gasteiger partial charge is 0.389 e. The minimum Gasteiger partial charge on any atom is -0.389 e. The van der Waals surface area contributed by atoms with Crippen molar-refractivity contribution in [3.63, 3.8) is 0 Å². The molecule has 0 aromatic heterocycles. The van der Waals surface area contributed by atoms with E-state index < -0.39 is 11.7 Å². The minimum absolute atomic E-state index is 0.308.